The summed E-state index contributed by atoms with van der Waals surface area (Å²) in [6.45, 7) is 5.53. The molecule has 0 aromatic heterocycles. The van der Waals surface area contributed by atoms with Gasteiger partial charge in [0.1, 0.15) is 37.8 Å². The van der Waals surface area contributed by atoms with Gasteiger partial charge in [0.2, 0.25) is 0 Å². The van der Waals surface area contributed by atoms with Crippen LogP contribution in [-0.4, -0.2) is 49.9 Å². The third kappa shape index (κ3) is 5.48. The van der Waals surface area contributed by atoms with Crippen molar-refractivity contribution in [1.82, 2.24) is 0 Å². The van der Waals surface area contributed by atoms with E-state index in [2.05, 4.69) is 0 Å². The predicted molar refractivity (Wildman–Crippen MR) is 101 cm³/mol. The molecule has 1 heterocycles. The molecule has 1 atom stereocenters. The Hall–Kier alpha value is -2.04. The Bertz CT molecular complexity index is 573. The van der Waals surface area contributed by atoms with Crippen molar-refractivity contribution in [3.8, 4) is 11.5 Å². The zero-order valence-electron chi connectivity index (χ0n) is 14.8. The first-order valence-electron chi connectivity index (χ1n) is 9.22. The first kappa shape index (κ1) is 17.8. The van der Waals surface area contributed by atoms with Crippen LogP contribution in [0.5, 0.6) is 11.5 Å². The molecular formula is C21H29N2O2+. The van der Waals surface area contributed by atoms with Gasteiger partial charge in [0.05, 0.1) is 19.1 Å². The third-order valence-electron chi connectivity index (χ3n) is 4.98. The number of nitrogens with zero attached hydrogens (tertiary/aromatic N) is 1. The van der Waals surface area contributed by atoms with Crippen LogP contribution < -0.4 is 15.2 Å². The maximum Gasteiger partial charge on any atom is 0.137 e. The Balaban J connectivity index is 1.54. The molecule has 0 bridgehead atoms. The van der Waals surface area contributed by atoms with E-state index in [9.17, 15) is 0 Å². The summed E-state index contributed by atoms with van der Waals surface area (Å²) in [4.78, 5) is 0. The van der Waals surface area contributed by atoms with Gasteiger partial charge in [-0.25, -0.2) is 0 Å². The van der Waals surface area contributed by atoms with Crippen LogP contribution in [0.25, 0.3) is 0 Å². The molecule has 0 aliphatic carbocycles. The van der Waals surface area contributed by atoms with E-state index in [1.165, 1.54) is 6.42 Å². The van der Waals surface area contributed by atoms with Crippen molar-refractivity contribution in [2.75, 3.05) is 39.4 Å². The Morgan fingerprint density at radius 3 is 1.84 bits per heavy atom. The summed E-state index contributed by atoms with van der Waals surface area (Å²) in [5.41, 5.74) is 6.28. The lowest BCUT2D eigenvalue weighted by atomic mass is 10.0. The number of para-hydroxylation sites is 2. The van der Waals surface area contributed by atoms with Crippen LogP contribution in [0.15, 0.2) is 60.7 Å². The number of ether oxygens (including phenoxy) is 2. The third-order valence-corrected chi connectivity index (χ3v) is 4.98. The van der Waals surface area contributed by atoms with E-state index >= 15 is 0 Å². The molecule has 1 saturated heterocycles. The monoisotopic (exact) mass is 341 g/mol. The first-order valence-corrected chi connectivity index (χ1v) is 9.22. The molecule has 134 valence electrons. The second-order valence-electron chi connectivity index (χ2n) is 6.92. The molecule has 1 fully saturated rings. The summed E-state index contributed by atoms with van der Waals surface area (Å²) in [5, 5.41) is 0. The lowest BCUT2D eigenvalue weighted by Gasteiger charge is -2.43. The van der Waals surface area contributed by atoms with Crippen molar-refractivity contribution < 1.29 is 14.0 Å². The largest absolute Gasteiger partial charge is 0.488 e. The van der Waals surface area contributed by atoms with Crippen molar-refractivity contribution in [3.63, 3.8) is 0 Å². The van der Waals surface area contributed by atoms with Gasteiger partial charge in [-0.15, -0.1) is 0 Å². The highest BCUT2D eigenvalue weighted by Crippen LogP contribution is 2.19. The molecule has 2 N–H and O–H groups in total. The molecule has 2 aromatic rings. The zero-order chi connectivity index (χ0) is 17.4. The molecule has 3 rings (SSSR count). The summed E-state index contributed by atoms with van der Waals surface area (Å²) < 4.78 is 12.9. The number of hydrogen-bond acceptors (Lipinski definition) is 3. The first-order chi connectivity index (χ1) is 12.3. The Labute approximate surface area is 150 Å². The molecule has 4 nitrogen and oxygen atoms in total. The Morgan fingerprint density at radius 1 is 0.840 bits per heavy atom. The molecule has 0 saturated carbocycles. The van der Waals surface area contributed by atoms with Crippen LogP contribution in [0, 0.1) is 0 Å². The van der Waals surface area contributed by atoms with Crippen LogP contribution >= 0.6 is 0 Å². The molecule has 1 aliphatic heterocycles. The number of piperidine rings is 1. The fourth-order valence-electron chi connectivity index (χ4n) is 3.63. The minimum Gasteiger partial charge on any atom is -0.488 e. The fourth-order valence-corrected chi connectivity index (χ4v) is 3.63. The van der Waals surface area contributed by atoms with Crippen LogP contribution in [0.3, 0.4) is 0 Å². The van der Waals surface area contributed by atoms with E-state index in [0.29, 0.717) is 13.2 Å². The van der Waals surface area contributed by atoms with Crippen molar-refractivity contribution in [2.24, 2.45) is 5.73 Å². The maximum atomic E-state index is 6.28. The van der Waals surface area contributed by atoms with Crippen LogP contribution in [-0.2, 0) is 0 Å². The molecule has 25 heavy (non-hydrogen) atoms. The van der Waals surface area contributed by atoms with Crippen LogP contribution in [0.4, 0.5) is 0 Å². The van der Waals surface area contributed by atoms with E-state index in [1.54, 1.807) is 0 Å². The van der Waals surface area contributed by atoms with Gasteiger partial charge in [-0.3, -0.25) is 0 Å². The van der Waals surface area contributed by atoms with Crippen molar-refractivity contribution in [1.29, 1.82) is 0 Å². The van der Waals surface area contributed by atoms with Gasteiger partial charge >= 0.3 is 0 Å². The van der Waals surface area contributed by atoms with Gasteiger partial charge in [0.25, 0.3) is 0 Å². The van der Waals surface area contributed by atoms with E-state index in [0.717, 1.165) is 48.6 Å². The minimum absolute atomic E-state index is 0.280. The number of hydrogen-bond donors (Lipinski definition) is 1. The summed E-state index contributed by atoms with van der Waals surface area (Å²) >= 11 is 0. The molecule has 1 aliphatic rings. The second-order valence-corrected chi connectivity index (χ2v) is 6.92. The fraction of sp³-hybridized carbons (Fsp3) is 0.429. The van der Waals surface area contributed by atoms with Crippen molar-refractivity contribution in [2.45, 2.75) is 18.9 Å². The maximum absolute atomic E-state index is 6.28. The van der Waals surface area contributed by atoms with Gasteiger partial charge in [-0.2, -0.15) is 0 Å². The number of quaternary nitrogens is 1. The molecule has 1 unspecified atom stereocenters. The van der Waals surface area contributed by atoms with Gasteiger partial charge in [0, 0.05) is 0 Å². The standard InChI is InChI=1S/C21H29N2O2/c22-19-8-7-13-23(18-19,14-16-24-20-9-3-1-4-10-20)15-17-25-21-11-5-2-6-12-21/h1-6,9-12,19H,7-8,13-18,22H2/q+1. The van der Waals surface area contributed by atoms with E-state index in [4.69, 9.17) is 15.2 Å². The van der Waals surface area contributed by atoms with E-state index in [-0.39, 0.29) is 6.04 Å². The molecule has 2 aromatic carbocycles. The average Bonchev–Trinajstić information content (AvgIpc) is 2.64. The van der Waals surface area contributed by atoms with Gasteiger partial charge in [-0.1, -0.05) is 36.4 Å². The molecular weight excluding hydrogens is 312 g/mol. The van der Waals surface area contributed by atoms with Gasteiger partial charge in [-0.05, 0) is 37.1 Å². The summed E-state index contributed by atoms with van der Waals surface area (Å²) in [7, 11) is 0. The quantitative estimate of drug-likeness (QED) is 0.751. The lowest BCUT2D eigenvalue weighted by molar-refractivity contribution is -0.933. The molecule has 0 spiro atoms. The van der Waals surface area contributed by atoms with Gasteiger partial charge < -0.3 is 19.7 Å². The normalized spacial score (nSPS) is 19.3. The smallest absolute Gasteiger partial charge is 0.137 e. The highest BCUT2D eigenvalue weighted by atomic mass is 16.5. The van der Waals surface area contributed by atoms with Crippen molar-refractivity contribution in [3.05, 3.63) is 60.7 Å². The number of benzene rings is 2. The topological polar surface area (TPSA) is 44.5 Å². The predicted octanol–water partition coefficient (Wildman–Crippen LogP) is 3.08. The Kier molecular flexibility index (Phi) is 6.31. The summed E-state index contributed by atoms with van der Waals surface area (Å²) in [5.74, 6) is 1.87. The molecule has 4 heteroatoms. The number of likely N-dealkylation sites (tertiary alicyclic amines) is 1. The number of nitrogens with two attached hydrogens (primary N) is 1. The summed E-state index contributed by atoms with van der Waals surface area (Å²) in [6.07, 6.45) is 2.30. The second kappa shape index (κ2) is 8.88. The van der Waals surface area contributed by atoms with Crippen LogP contribution in [0.1, 0.15) is 12.8 Å². The SMILES string of the molecule is NC1CCC[N+](CCOc2ccccc2)(CCOc2ccccc2)C1. The van der Waals surface area contributed by atoms with Crippen LogP contribution in [0.2, 0.25) is 0 Å². The average molecular weight is 341 g/mol. The Morgan fingerprint density at radius 2 is 1.36 bits per heavy atom. The van der Waals surface area contributed by atoms with E-state index < -0.39 is 0 Å². The summed E-state index contributed by atoms with van der Waals surface area (Å²) in [6, 6.07) is 20.3. The lowest BCUT2D eigenvalue weighted by Crippen LogP contribution is -2.60. The molecule has 0 amide bonds. The minimum atomic E-state index is 0.280. The molecule has 0 radical (unpaired) electrons. The number of rotatable bonds is 8. The zero-order valence-corrected chi connectivity index (χ0v) is 14.8. The van der Waals surface area contributed by atoms with Gasteiger partial charge in [0.15, 0.2) is 0 Å². The highest BCUT2D eigenvalue weighted by Gasteiger charge is 2.33. The van der Waals surface area contributed by atoms with E-state index in [1.807, 2.05) is 60.7 Å². The highest BCUT2D eigenvalue weighted by molar-refractivity contribution is 5.21. The van der Waals surface area contributed by atoms with Crippen molar-refractivity contribution >= 4 is 0 Å².